The van der Waals surface area contributed by atoms with E-state index in [1.165, 1.54) is 16.3 Å². The summed E-state index contributed by atoms with van der Waals surface area (Å²) in [7, 11) is 2.07. The molecule has 0 radical (unpaired) electrons. The van der Waals surface area contributed by atoms with Crippen LogP contribution in [0.1, 0.15) is 12.0 Å². The number of phenols is 1. The summed E-state index contributed by atoms with van der Waals surface area (Å²) in [5, 5.41) is 14.4. The molecule has 2 aromatic carbocycles. The van der Waals surface area contributed by atoms with Gasteiger partial charge < -0.3 is 10.0 Å². The molecule has 1 N–H and O–H groups in total. The lowest BCUT2D eigenvalue weighted by atomic mass is 10.1. The molecule has 1 heterocycles. The summed E-state index contributed by atoms with van der Waals surface area (Å²) in [5.74, 6) is 0.160. The lowest BCUT2D eigenvalue weighted by molar-refractivity contribution is 0.310. The Kier molecular flexibility index (Phi) is 5.81. The molecule has 3 rings (SSSR count). The summed E-state index contributed by atoms with van der Waals surface area (Å²) >= 11 is 0. The first-order valence-electron chi connectivity index (χ1n) is 8.72. The monoisotopic (exact) mass is 349 g/mol. The van der Waals surface area contributed by atoms with E-state index in [1.54, 1.807) is 24.3 Å². The number of phenolic OH excluding ortho intramolecular Hbond substituents is 1. The maximum absolute atomic E-state index is 12.1. The number of hydrogen-bond acceptors (Lipinski definition) is 4. The van der Waals surface area contributed by atoms with Gasteiger partial charge in [0.05, 0.1) is 5.69 Å². The Morgan fingerprint density at radius 2 is 1.73 bits per heavy atom. The summed E-state index contributed by atoms with van der Waals surface area (Å²) < 4.78 is 1.47. The third-order valence-electron chi connectivity index (χ3n) is 4.25. The van der Waals surface area contributed by atoms with Crippen molar-refractivity contribution < 1.29 is 5.11 Å². The van der Waals surface area contributed by atoms with Crippen LogP contribution in [-0.2, 0) is 13.1 Å². The molecular formula is C21H23N3O2. The molecule has 0 atom stereocenters. The van der Waals surface area contributed by atoms with E-state index >= 15 is 0 Å². The fourth-order valence-electron chi connectivity index (χ4n) is 2.91. The van der Waals surface area contributed by atoms with Crippen LogP contribution >= 0.6 is 0 Å². The van der Waals surface area contributed by atoms with Crippen molar-refractivity contribution in [2.75, 3.05) is 13.6 Å². The molecule has 5 heteroatoms. The summed E-state index contributed by atoms with van der Waals surface area (Å²) in [6.07, 6.45) is 0.820. The van der Waals surface area contributed by atoms with Crippen LogP contribution in [-0.4, -0.2) is 33.4 Å². The minimum atomic E-state index is -0.130. The van der Waals surface area contributed by atoms with Crippen LogP contribution in [0.15, 0.2) is 71.5 Å². The summed E-state index contributed by atoms with van der Waals surface area (Å²) in [5.41, 5.74) is 2.37. The van der Waals surface area contributed by atoms with E-state index < -0.39 is 0 Å². The second kappa shape index (κ2) is 8.45. The van der Waals surface area contributed by atoms with Gasteiger partial charge in [-0.25, -0.2) is 4.68 Å². The molecule has 0 bridgehead atoms. The van der Waals surface area contributed by atoms with Crippen molar-refractivity contribution in [2.24, 2.45) is 0 Å². The van der Waals surface area contributed by atoms with Gasteiger partial charge in [-0.2, -0.15) is 5.10 Å². The molecule has 0 fully saturated rings. The lowest BCUT2D eigenvalue weighted by Crippen LogP contribution is -2.25. The molecule has 0 unspecified atom stereocenters. The Morgan fingerprint density at radius 1 is 1.00 bits per heavy atom. The van der Waals surface area contributed by atoms with E-state index in [1.807, 2.05) is 24.3 Å². The largest absolute Gasteiger partial charge is 0.507 e. The predicted molar refractivity (Wildman–Crippen MR) is 103 cm³/mol. The maximum atomic E-state index is 12.1. The van der Waals surface area contributed by atoms with Gasteiger partial charge in [-0.1, -0.05) is 42.5 Å². The predicted octanol–water partition coefficient (Wildman–Crippen LogP) is 3.14. The SMILES string of the molecule is CN(CCCn1nc(-c2ccccc2O)ccc1=O)Cc1ccccc1. The molecule has 5 nitrogen and oxygen atoms in total. The van der Waals surface area contributed by atoms with Gasteiger partial charge in [-0.05, 0) is 43.8 Å². The van der Waals surface area contributed by atoms with E-state index in [4.69, 9.17) is 0 Å². The molecule has 134 valence electrons. The number of benzene rings is 2. The van der Waals surface area contributed by atoms with Crippen LogP contribution in [0.4, 0.5) is 0 Å². The van der Waals surface area contributed by atoms with Crippen molar-refractivity contribution in [1.29, 1.82) is 0 Å². The molecule has 0 saturated heterocycles. The van der Waals surface area contributed by atoms with Gasteiger partial charge in [0.25, 0.3) is 5.56 Å². The molecule has 0 amide bonds. The van der Waals surface area contributed by atoms with E-state index in [0.29, 0.717) is 17.8 Å². The van der Waals surface area contributed by atoms with E-state index in [0.717, 1.165) is 19.5 Å². The highest BCUT2D eigenvalue weighted by molar-refractivity contribution is 5.65. The highest BCUT2D eigenvalue weighted by Crippen LogP contribution is 2.25. The van der Waals surface area contributed by atoms with Crippen LogP contribution < -0.4 is 5.56 Å². The van der Waals surface area contributed by atoms with E-state index in [2.05, 4.69) is 29.2 Å². The van der Waals surface area contributed by atoms with Crippen molar-refractivity contribution >= 4 is 0 Å². The van der Waals surface area contributed by atoms with E-state index in [9.17, 15) is 9.90 Å². The van der Waals surface area contributed by atoms with Gasteiger partial charge in [0.15, 0.2) is 0 Å². The molecule has 0 spiro atoms. The van der Waals surface area contributed by atoms with Crippen molar-refractivity contribution in [3.63, 3.8) is 0 Å². The second-order valence-corrected chi connectivity index (χ2v) is 6.37. The number of para-hydroxylation sites is 1. The van der Waals surface area contributed by atoms with E-state index in [-0.39, 0.29) is 11.3 Å². The molecule has 0 aliphatic carbocycles. The highest BCUT2D eigenvalue weighted by Gasteiger charge is 2.08. The average molecular weight is 349 g/mol. The Labute approximate surface area is 153 Å². The molecule has 1 aromatic heterocycles. The number of rotatable bonds is 7. The van der Waals surface area contributed by atoms with Crippen LogP contribution in [0, 0.1) is 0 Å². The quantitative estimate of drug-likeness (QED) is 0.712. The third-order valence-corrected chi connectivity index (χ3v) is 4.25. The minimum Gasteiger partial charge on any atom is -0.507 e. The Balaban J connectivity index is 1.62. The third kappa shape index (κ3) is 4.58. The number of aromatic nitrogens is 2. The van der Waals surface area contributed by atoms with Gasteiger partial charge in [0, 0.05) is 24.7 Å². The number of aromatic hydroxyl groups is 1. The van der Waals surface area contributed by atoms with Gasteiger partial charge >= 0.3 is 0 Å². The molecule has 0 aliphatic heterocycles. The maximum Gasteiger partial charge on any atom is 0.266 e. The van der Waals surface area contributed by atoms with Gasteiger partial charge in [-0.15, -0.1) is 0 Å². The minimum absolute atomic E-state index is 0.130. The highest BCUT2D eigenvalue weighted by atomic mass is 16.3. The summed E-state index contributed by atoms with van der Waals surface area (Å²) in [4.78, 5) is 14.3. The van der Waals surface area contributed by atoms with Crippen LogP contribution in [0.3, 0.4) is 0 Å². The van der Waals surface area contributed by atoms with Crippen molar-refractivity contribution in [3.05, 3.63) is 82.6 Å². The van der Waals surface area contributed by atoms with Crippen LogP contribution in [0.5, 0.6) is 5.75 Å². The van der Waals surface area contributed by atoms with Crippen LogP contribution in [0.2, 0.25) is 0 Å². The molecule has 3 aromatic rings. The first-order chi connectivity index (χ1) is 12.6. The first-order valence-corrected chi connectivity index (χ1v) is 8.72. The zero-order valence-electron chi connectivity index (χ0n) is 14.9. The normalized spacial score (nSPS) is 11.0. The number of hydrogen-bond donors (Lipinski definition) is 1. The average Bonchev–Trinajstić information content (AvgIpc) is 2.65. The van der Waals surface area contributed by atoms with Crippen LogP contribution in [0.25, 0.3) is 11.3 Å². The number of nitrogens with zero attached hydrogens (tertiary/aromatic N) is 3. The molecule has 0 aliphatic rings. The lowest BCUT2D eigenvalue weighted by Gasteiger charge is -2.17. The van der Waals surface area contributed by atoms with Gasteiger partial charge in [0.1, 0.15) is 5.75 Å². The fraction of sp³-hybridized carbons (Fsp3) is 0.238. The van der Waals surface area contributed by atoms with Gasteiger partial charge in [0.2, 0.25) is 0 Å². The first kappa shape index (κ1) is 17.9. The van der Waals surface area contributed by atoms with Crippen molar-refractivity contribution in [2.45, 2.75) is 19.5 Å². The Bertz CT molecular complexity index is 906. The Morgan fingerprint density at radius 3 is 2.50 bits per heavy atom. The summed E-state index contributed by atoms with van der Waals surface area (Å²) in [6, 6.07) is 20.5. The fourth-order valence-corrected chi connectivity index (χ4v) is 2.91. The number of aryl methyl sites for hydroxylation is 1. The standard InChI is InChI=1S/C21H23N3O2/c1-23(16-17-8-3-2-4-9-17)14-7-15-24-21(26)13-12-19(22-24)18-10-5-6-11-20(18)25/h2-6,8-13,25H,7,14-16H2,1H3. The second-order valence-electron chi connectivity index (χ2n) is 6.37. The zero-order chi connectivity index (χ0) is 18.4. The van der Waals surface area contributed by atoms with Crippen molar-refractivity contribution in [1.82, 2.24) is 14.7 Å². The summed E-state index contributed by atoms with van der Waals surface area (Å²) in [6.45, 7) is 2.28. The topological polar surface area (TPSA) is 58.4 Å². The Hall–Kier alpha value is -2.92. The van der Waals surface area contributed by atoms with Gasteiger partial charge in [-0.3, -0.25) is 4.79 Å². The zero-order valence-corrected chi connectivity index (χ0v) is 14.9. The molecule has 0 saturated carbocycles. The smallest absolute Gasteiger partial charge is 0.266 e. The molecule has 26 heavy (non-hydrogen) atoms. The molecular weight excluding hydrogens is 326 g/mol. The van der Waals surface area contributed by atoms with Crippen molar-refractivity contribution in [3.8, 4) is 17.0 Å².